The summed E-state index contributed by atoms with van der Waals surface area (Å²) in [6, 6.07) is 22.6. The first-order chi connectivity index (χ1) is 15.6. The van der Waals surface area contributed by atoms with Gasteiger partial charge in [-0.25, -0.2) is 5.43 Å². The summed E-state index contributed by atoms with van der Waals surface area (Å²) < 4.78 is 11.3. The molecule has 2 N–H and O–H groups in total. The zero-order valence-corrected chi connectivity index (χ0v) is 18.0. The van der Waals surface area contributed by atoms with Crippen LogP contribution in [0.25, 0.3) is 0 Å². The Morgan fingerprint density at radius 1 is 0.938 bits per heavy atom. The minimum absolute atomic E-state index is 0.262. The topological polar surface area (TPSA) is 89.0 Å². The van der Waals surface area contributed by atoms with Crippen LogP contribution in [-0.2, 0) is 22.7 Å². The first-order valence-corrected chi connectivity index (χ1v) is 10.1. The van der Waals surface area contributed by atoms with Crippen molar-refractivity contribution < 1.29 is 19.1 Å². The minimum atomic E-state index is -0.845. The predicted molar refractivity (Wildman–Crippen MR) is 123 cm³/mol. The molecule has 32 heavy (non-hydrogen) atoms. The van der Waals surface area contributed by atoms with Crippen LogP contribution in [0, 0.1) is 6.92 Å². The molecule has 0 saturated carbocycles. The van der Waals surface area contributed by atoms with E-state index in [1.54, 1.807) is 25.3 Å². The zero-order chi connectivity index (χ0) is 22.8. The Hall–Kier alpha value is -4.13. The quantitative estimate of drug-likeness (QED) is 0.325. The Balaban J connectivity index is 1.53. The number of ether oxygens (including phenoxy) is 2. The monoisotopic (exact) mass is 431 g/mol. The van der Waals surface area contributed by atoms with E-state index in [4.69, 9.17) is 9.47 Å². The third-order valence-corrected chi connectivity index (χ3v) is 4.71. The van der Waals surface area contributed by atoms with E-state index in [1.165, 1.54) is 6.21 Å². The number of nitrogens with zero attached hydrogens (tertiary/aromatic N) is 1. The van der Waals surface area contributed by atoms with Crippen LogP contribution in [0.4, 0.5) is 0 Å². The smallest absolute Gasteiger partial charge is 0.329 e. The van der Waals surface area contributed by atoms with Crippen molar-refractivity contribution in [3.05, 3.63) is 95.1 Å². The number of rotatable bonds is 8. The molecule has 7 heteroatoms. The number of hydrazone groups is 1. The molecule has 0 bridgehead atoms. The maximum Gasteiger partial charge on any atom is 0.329 e. The van der Waals surface area contributed by atoms with Gasteiger partial charge in [0, 0.05) is 6.54 Å². The number of hydrogen-bond acceptors (Lipinski definition) is 5. The molecule has 0 aliphatic heterocycles. The second kappa shape index (κ2) is 11.3. The molecule has 0 unspecified atom stereocenters. The molecular formula is C25H25N3O4. The van der Waals surface area contributed by atoms with E-state index in [1.807, 2.05) is 61.5 Å². The highest BCUT2D eigenvalue weighted by Crippen LogP contribution is 2.28. The van der Waals surface area contributed by atoms with Crippen LogP contribution in [0.1, 0.15) is 22.3 Å². The van der Waals surface area contributed by atoms with E-state index in [0.29, 0.717) is 23.7 Å². The summed E-state index contributed by atoms with van der Waals surface area (Å²) >= 11 is 0. The van der Waals surface area contributed by atoms with Crippen molar-refractivity contribution in [2.24, 2.45) is 5.10 Å². The number of methoxy groups -OCH3 is 1. The van der Waals surface area contributed by atoms with Crippen molar-refractivity contribution in [2.75, 3.05) is 7.11 Å². The van der Waals surface area contributed by atoms with Gasteiger partial charge in [0.2, 0.25) is 0 Å². The summed E-state index contributed by atoms with van der Waals surface area (Å²) in [6.45, 7) is 2.72. The van der Waals surface area contributed by atoms with Gasteiger partial charge in [-0.1, -0.05) is 54.6 Å². The van der Waals surface area contributed by atoms with Crippen LogP contribution in [0.2, 0.25) is 0 Å². The number of carbonyl (C=O) groups is 2. The molecule has 0 atom stereocenters. The van der Waals surface area contributed by atoms with Gasteiger partial charge in [0.15, 0.2) is 11.5 Å². The Labute approximate surface area is 187 Å². The normalized spacial score (nSPS) is 10.6. The average Bonchev–Trinajstić information content (AvgIpc) is 2.83. The summed E-state index contributed by atoms with van der Waals surface area (Å²) in [5.41, 5.74) is 6.03. The third-order valence-electron chi connectivity index (χ3n) is 4.71. The Morgan fingerprint density at radius 2 is 1.69 bits per heavy atom. The van der Waals surface area contributed by atoms with Crippen LogP contribution < -0.4 is 20.2 Å². The number of amides is 2. The van der Waals surface area contributed by atoms with Gasteiger partial charge in [0.1, 0.15) is 6.61 Å². The molecule has 0 aromatic heterocycles. The van der Waals surface area contributed by atoms with Crippen molar-refractivity contribution in [1.29, 1.82) is 0 Å². The molecule has 0 radical (unpaired) electrons. The summed E-state index contributed by atoms with van der Waals surface area (Å²) in [5.74, 6) is -0.474. The Kier molecular flexibility index (Phi) is 7.97. The summed E-state index contributed by atoms with van der Waals surface area (Å²) in [5, 5.41) is 6.39. The van der Waals surface area contributed by atoms with Gasteiger partial charge in [-0.2, -0.15) is 5.10 Å². The van der Waals surface area contributed by atoms with Gasteiger partial charge in [0.05, 0.1) is 13.3 Å². The van der Waals surface area contributed by atoms with Crippen molar-refractivity contribution in [1.82, 2.24) is 10.7 Å². The van der Waals surface area contributed by atoms with E-state index in [2.05, 4.69) is 15.8 Å². The SMILES string of the molecule is COc1cc(/C=N/NC(=O)C(=O)NCc2ccccc2)ccc1OCc1ccccc1C. The van der Waals surface area contributed by atoms with Gasteiger partial charge >= 0.3 is 11.8 Å². The summed E-state index contributed by atoms with van der Waals surface area (Å²) in [4.78, 5) is 23.8. The van der Waals surface area contributed by atoms with Crippen molar-refractivity contribution in [3.63, 3.8) is 0 Å². The highest BCUT2D eigenvalue weighted by Gasteiger charge is 2.12. The van der Waals surface area contributed by atoms with Gasteiger partial charge in [-0.3, -0.25) is 9.59 Å². The van der Waals surface area contributed by atoms with Crippen LogP contribution in [0.3, 0.4) is 0 Å². The first-order valence-electron chi connectivity index (χ1n) is 10.1. The van der Waals surface area contributed by atoms with E-state index < -0.39 is 11.8 Å². The van der Waals surface area contributed by atoms with Gasteiger partial charge in [-0.05, 0) is 47.4 Å². The minimum Gasteiger partial charge on any atom is -0.493 e. The molecule has 3 rings (SSSR count). The molecular weight excluding hydrogens is 406 g/mol. The van der Waals surface area contributed by atoms with Crippen LogP contribution in [0.5, 0.6) is 11.5 Å². The van der Waals surface area contributed by atoms with E-state index in [-0.39, 0.29) is 6.54 Å². The van der Waals surface area contributed by atoms with E-state index >= 15 is 0 Å². The number of benzene rings is 3. The van der Waals surface area contributed by atoms with Gasteiger partial charge in [-0.15, -0.1) is 0 Å². The Bertz CT molecular complexity index is 1100. The third kappa shape index (κ3) is 6.43. The highest BCUT2D eigenvalue weighted by atomic mass is 16.5. The molecule has 7 nitrogen and oxygen atoms in total. The molecule has 0 heterocycles. The first kappa shape index (κ1) is 22.6. The highest BCUT2D eigenvalue weighted by molar-refractivity contribution is 6.35. The lowest BCUT2D eigenvalue weighted by atomic mass is 10.1. The van der Waals surface area contributed by atoms with E-state index in [0.717, 1.165) is 16.7 Å². The standard InChI is InChI=1S/C25H25N3O4/c1-18-8-6-7-11-21(18)17-32-22-13-12-20(14-23(22)31-2)16-27-28-25(30)24(29)26-15-19-9-4-3-5-10-19/h3-14,16H,15,17H2,1-2H3,(H,26,29)(H,28,30)/b27-16+. The molecule has 2 amide bonds. The summed E-state index contributed by atoms with van der Waals surface area (Å²) in [6.07, 6.45) is 1.43. The summed E-state index contributed by atoms with van der Waals surface area (Å²) in [7, 11) is 1.55. The molecule has 0 saturated heterocycles. The predicted octanol–water partition coefficient (Wildman–Crippen LogP) is 3.35. The zero-order valence-electron chi connectivity index (χ0n) is 18.0. The molecule has 0 aliphatic rings. The van der Waals surface area contributed by atoms with Crippen molar-refractivity contribution in [3.8, 4) is 11.5 Å². The lowest BCUT2D eigenvalue weighted by Gasteiger charge is -2.12. The van der Waals surface area contributed by atoms with Crippen LogP contribution in [-0.4, -0.2) is 25.1 Å². The lowest BCUT2D eigenvalue weighted by molar-refractivity contribution is -0.139. The van der Waals surface area contributed by atoms with E-state index in [9.17, 15) is 9.59 Å². The van der Waals surface area contributed by atoms with Crippen molar-refractivity contribution in [2.45, 2.75) is 20.1 Å². The van der Waals surface area contributed by atoms with Gasteiger partial charge < -0.3 is 14.8 Å². The van der Waals surface area contributed by atoms with Crippen LogP contribution in [0.15, 0.2) is 77.9 Å². The maximum absolute atomic E-state index is 11.9. The molecule has 0 fully saturated rings. The molecule has 164 valence electrons. The largest absolute Gasteiger partial charge is 0.493 e. The number of hydrogen-bond donors (Lipinski definition) is 2. The van der Waals surface area contributed by atoms with Crippen LogP contribution >= 0.6 is 0 Å². The van der Waals surface area contributed by atoms with Crippen molar-refractivity contribution >= 4 is 18.0 Å². The number of carbonyl (C=O) groups excluding carboxylic acids is 2. The molecule has 3 aromatic carbocycles. The molecule has 3 aromatic rings. The number of nitrogens with one attached hydrogen (secondary N) is 2. The lowest BCUT2D eigenvalue weighted by Crippen LogP contribution is -2.37. The fraction of sp³-hybridized carbons (Fsp3) is 0.160. The fourth-order valence-corrected chi connectivity index (χ4v) is 2.89. The average molecular weight is 431 g/mol. The maximum atomic E-state index is 11.9. The number of aryl methyl sites for hydroxylation is 1. The second-order valence-corrected chi connectivity index (χ2v) is 6.99. The molecule has 0 spiro atoms. The van der Waals surface area contributed by atoms with Gasteiger partial charge in [0.25, 0.3) is 0 Å². The second-order valence-electron chi connectivity index (χ2n) is 6.99. The fourth-order valence-electron chi connectivity index (χ4n) is 2.89. The Morgan fingerprint density at radius 3 is 2.44 bits per heavy atom. The molecule has 0 aliphatic carbocycles.